The van der Waals surface area contributed by atoms with Gasteiger partial charge in [0.25, 0.3) is 0 Å². The third-order valence-corrected chi connectivity index (χ3v) is 3.57. The van der Waals surface area contributed by atoms with E-state index in [0.717, 1.165) is 12.3 Å². The van der Waals surface area contributed by atoms with Crippen LogP contribution in [0.25, 0.3) is 0 Å². The van der Waals surface area contributed by atoms with Crippen molar-refractivity contribution in [2.75, 3.05) is 24.6 Å². The highest BCUT2D eigenvalue weighted by molar-refractivity contribution is 7.99. The van der Waals surface area contributed by atoms with Crippen LogP contribution in [-0.2, 0) is 0 Å². The molecule has 72 valence electrons. The molecule has 0 saturated carbocycles. The number of hydrogen-bond acceptors (Lipinski definition) is 2. The molecule has 1 rings (SSSR count). The third kappa shape index (κ3) is 2.94. The average molecular weight is 191 g/mol. The summed E-state index contributed by atoms with van der Waals surface area (Å²) in [5.41, 5.74) is 0. The summed E-state index contributed by atoms with van der Waals surface area (Å²) >= 11 is 1.98. The van der Waals surface area contributed by atoms with Gasteiger partial charge in [-0.3, -0.25) is 4.90 Å². The molecular weight excluding hydrogens is 173 g/mol. The Labute approximate surface area is 78.7 Å². The molecule has 0 spiro atoms. The van der Waals surface area contributed by atoms with Gasteiger partial charge in [-0.05, 0) is 13.3 Å². The van der Waals surface area contributed by atoms with E-state index >= 15 is 0 Å². The molecule has 0 aromatic heterocycles. The van der Waals surface area contributed by atoms with Crippen LogP contribution in [-0.4, -0.2) is 41.7 Å². The van der Waals surface area contributed by atoms with Gasteiger partial charge >= 0.3 is 0 Å². The lowest BCUT2D eigenvalue weighted by molar-refractivity contribution is 0.162. The van der Waals surface area contributed by atoms with Crippen LogP contribution in [0.4, 0.5) is 4.39 Å². The molecule has 0 aromatic rings. The SMILES string of the molecule is CCC(F)CN1CCSCC1C. The van der Waals surface area contributed by atoms with Crippen LogP contribution >= 0.6 is 11.8 Å². The van der Waals surface area contributed by atoms with Crippen LogP contribution in [0.1, 0.15) is 20.3 Å². The minimum Gasteiger partial charge on any atom is -0.296 e. The second-order valence-corrected chi connectivity index (χ2v) is 4.57. The number of nitrogens with zero attached hydrogens (tertiary/aromatic N) is 1. The zero-order chi connectivity index (χ0) is 8.97. The van der Waals surface area contributed by atoms with Gasteiger partial charge in [-0.2, -0.15) is 11.8 Å². The summed E-state index contributed by atoms with van der Waals surface area (Å²) in [6.07, 6.45) is 0.0200. The van der Waals surface area contributed by atoms with Crippen molar-refractivity contribution in [3.8, 4) is 0 Å². The van der Waals surface area contributed by atoms with Gasteiger partial charge in [0.15, 0.2) is 0 Å². The van der Waals surface area contributed by atoms with Gasteiger partial charge in [0.05, 0.1) is 0 Å². The first-order valence-corrected chi connectivity index (χ1v) is 5.85. The Balaban J connectivity index is 2.28. The molecule has 1 aliphatic rings. The van der Waals surface area contributed by atoms with Crippen LogP contribution < -0.4 is 0 Å². The minimum atomic E-state index is -0.629. The van der Waals surface area contributed by atoms with Gasteiger partial charge in [0.1, 0.15) is 6.17 Å². The van der Waals surface area contributed by atoms with Gasteiger partial charge in [0.2, 0.25) is 0 Å². The topological polar surface area (TPSA) is 3.24 Å². The van der Waals surface area contributed by atoms with E-state index in [0.29, 0.717) is 19.0 Å². The van der Waals surface area contributed by atoms with E-state index in [1.165, 1.54) is 5.75 Å². The Kier molecular flexibility index (Phi) is 4.36. The second kappa shape index (κ2) is 5.07. The van der Waals surface area contributed by atoms with Crippen molar-refractivity contribution < 1.29 is 4.39 Å². The van der Waals surface area contributed by atoms with E-state index in [1.54, 1.807) is 0 Å². The number of rotatable bonds is 3. The first kappa shape index (κ1) is 10.3. The standard InChI is InChI=1S/C9H18FNS/c1-3-9(10)6-11-4-5-12-7-8(11)2/h8-9H,3-7H2,1-2H3. The predicted molar refractivity (Wildman–Crippen MR) is 53.5 cm³/mol. The van der Waals surface area contributed by atoms with Gasteiger partial charge < -0.3 is 0 Å². The maximum atomic E-state index is 13.0. The molecule has 0 radical (unpaired) electrons. The Bertz CT molecular complexity index is 132. The van der Waals surface area contributed by atoms with Crippen LogP contribution in [0, 0.1) is 0 Å². The zero-order valence-corrected chi connectivity index (χ0v) is 8.74. The maximum absolute atomic E-state index is 13.0. The lowest BCUT2D eigenvalue weighted by Crippen LogP contribution is -2.43. The van der Waals surface area contributed by atoms with Crippen molar-refractivity contribution in [3.05, 3.63) is 0 Å². The highest BCUT2D eigenvalue weighted by Crippen LogP contribution is 2.16. The largest absolute Gasteiger partial charge is 0.296 e. The summed E-state index contributed by atoms with van der Waals surface area (Å²) in [6, 6.07) is 0.563. The summed E-state index contributed by atoms with van der Waals surface area (Å²) in [5.74, 6) is 2.33. The number of thioether (sulfide) groups is 1. The smallest absolute Gasteiger partial charge is 0.112 e. The van der Waals surface area contributed by atoms with Gasteiger partial charge in [-0.1, -0.05) is 6.92 Å². The Hall–Kier alpha value is 0.240. The molecule has 0 aromatic carbocycles. The summed E-state index contributed by atoms with van der Waals surface area (Å²) in [4.78, 5) is 2.27. The van der Waals surface area contributed by atoms with Crippen LogP contribution in [0.5, 0.6) is 0 Å². The van der Waals surface area contributed by atoms with E-state index in [2.05, 4.69) is 11.8 Å². The molecule has 2 atom stereocenters. The number of halogens is 1. The first-order chi connectivity index (χ1) is 5.74. The Morgan fingerprint density at radius 1 is 1.67 bits per heavy atom. The van der Waals surface area contributed by atoms with Crippen molar-refractivity contribution in [1.29, 1.82) is 0 Å². The average Bonchev–Trinajstić information content (AvgIpc) is 2.09. The van der Waals surface area contributed by atoms with Crippen LogP contribution in [0.3, 0.4) is 0 Å². The molecule has 1 aliphatic heterocycles. The van der Waals surface area contributed by atoms with Crippen molar-refractivity contribution in [1.82, 2.24) is 4.90 Å². The van der Waals surface area contributed by atoms with Crippen molar-refractivity contribution in [3.63, 3.8) is 0 Å². The second-order valence-electron chi connectivity index (χ2n) is 3.42. The first-order valence-electron chi connectivity index (χ1n) is 4.70. The molecule has 0 amide bonds. The fourth-order valence-corrected chi connectivity index (χ4v) is 2.50. The fourth-order valence-electron chi connectivity index (χ4n) is 1.42. The lowest BCUT2D eigenvalue weighted by atomic mass is 10.2. The normalized spacial score (nSPS) is 28.8. The number of hydrogen-bond donors (Lipinski definition) is 0. The highest BCUT2D eigenvalue weighted by Gasteiger charge is 2.20. The predicted octanol–water partition coefficient (Wildman–Crippen LogP) is 2.17. The molecule has 0 bridgehead atoms. The van der Waals surface area contributed by atoms with E-state index < -0.39 is 6.17 Å². The van der Waals surface area contributed by atoms with Gasteiger partial charge in [-0.25, -0.2) is 4.39 Å². The third-order valence-electron chi connectivity index (χ3n) is 2.38. The Morgan fingerprint density at radius 3 is 3.00 bits per heavy atom. The quantitative estimate of drug-likeness (QED) is 0.672. The minimum absolute atomic E-state index is 0.563. The molecule has 0 aliphatic carbocycles. The van der Waals surface area contributed by atoms with E-state index in [1.807, 2.05) is 18.7 Å². The molecule has 1 saturated heterocycles. The molecule has 1 heterocycles. The zero-order valence-electron chi connectivity index (χ0n) is 7.92. The molecule has 2 unspecified atom stereocenters. The van der Waals surface area contributed by atoms with E-state index in [-0.39, 0.29) is 0 Å². The molecular formula is C9H18FNS. The summed E-state index contributed by atoms with van der Waals surface area (Å²) in [5, 5.41) is 0. The summed E-state index contributed by atoms with van der Waals surface area (Å²) in [7, 11) is 0. The lowest BCUT2D eigenvalue weighted by Gasteiger charge is -2.33. The van der Waals surface area contributed by atoms with E-state index in [4.69, 9.17) is 0 Å². The monoisotopic (exact) mass is 191 g/mol. The molecule has 1 nitrogen and oxygen atoms in total. The van der Waals surface area contributed by atoms with Gasteiger partial charge in [-0.15, -0.1) is 0 Å². The van der Waals surface area contributed by atoms with E-state index in [9.17, 15) is 4.39 Å². The summed E-state index contributed by atoms with van der Waals surface area (Å²) < 4.78 is 13.0. The number of alkyl halides is 1. The Morgan fingerprint density at radius 2 is 2.42 bits per heavy atom. The molecule has 12 heavy (non-hydrogen) atoms. The molecule has 1 fully saturated rings. The molecule has 3 heteroatoms. The summed E-state index contributed by atoms with van der Waals surface area (Å²) in [6.45, 7) is 5.80. The maximum Gasteiger partial charge on any atom is 0.112 e. The van der Waals surface area contributed by atoms with Gasteiger partial charge in [0, 0.05) is 30.6 Å². The highest BCUT2D eigenvalue weighted by atomic mass is 32.2. The van der Waals surface area contributed by atoms with Crippen molar-refractivity contribution >= 4 is 11.8 Å². The van der Waals surface area contributed by atoms with Crippen LogP contribution in [0.15, 0.2) is 0 Å². The molecule has 0 N–H and O–H groups in total. The van der Waals surface area contributed by atoms with Crippen molar-refractivity contribution in [2.24, 2.45) is 0 Å². The van der Waals surface area contributed by atoms with Crippen LogP contribution in [0.2, 0.25) is 0 Å². The fraction of sp³-hybridized carbons (Fsp3) is 1.00. The van der Waals surface area contributed by atoms with Crippen molar-refractivity contribution in [2.45, 2.75) is 32.5 Å².